The van der Waals surface area contributed by atoms with Gasteiger partial charge in [-0.15, -0.1) is 0 Å². The highest BCUT2D eigenvalue weighted by molar-refractivity contribution is 4.28. The summed E-state index contributed by atoms with van der Waals surface area (Å²) in [7, 11) is 0. The molecule has 0 aromatic rings. The topological polar surface area (TPSA) is 68.4 Å². The Morgan fingerprint density at radius 1 is 1.17 bits per heavy atom. The average Bonchev–Trinajstić information content (AvgIpc) is 2.04. The third-order valence-electron chi connectivity index (χ3n) is 1.60. The third kappa shape index (κ3) is 4.63. The van der Waals surface area contributed by atoms with Gasteiger partial charge < -0.3 is 10.2 Å². The van der Waals surface area contributed by atoms with E-state index in [0.29, 0.717) is 24.6 Å². The molecule has 12 heavy (non-hydrogen) atoms. The van der Waals surface area contributed by atoms with Crippen molar-refractivity contribution in [2.45, 2.75) is 13.3 Å². The van der Waals surface area contributed by atoms with Crippen LogP contribution in [0.1, 0.15) is 13.3 Å². The molecule has 5 heteroatoms. The minimum atomic E-state index is 0.0100. The lowest BCUT2D eigenvalue weighted by Gasteiger charge is -2.23. The molecular weight excluding hydrogens is 160 g/mol. The molecule has 0 saturated heterocycles. The van der Waals surface area contributed by atoms with Crippen LogP contribution in [0.25, 0.3) is 0 Å². The van der Waals surface area contributed by atoms with Crippen LogP contribution in [0.2, 0.25) is 0 Å². The van der Waals surface area contributed by atoms with Crippen molar-refractivity contribution in [2.24, 2.45) is 0 Å². The van der Waals surface area contributed by atoms with E-state index in [1.165, 1.54) is 0 Å². The summed E-state index contributed by atoms with van der Waals surface area (Å²) >= 11 is 0. The van der Waals surface area contributed by atoms with Crippen LogP contribution in [0.5, 0.6) is 0 Å². The predicted octanol–water partition coefficient (Wildman–Crippen LogP) is -2.13. The Hall–Kier alpha value is -0.200. The van der Waals surface area contributed by atoms with Crippen molar-refractivity contribution in [3.63, 3.8) is 0 Å². The summed E-state index contributed by atoms with van der Waals surface area (Å²) in [5.74, 6) is 0. The quantitative estimate of drug-likeness (QED) is 0.337. The maximum absolute atomic E-state index is 9.35. The number of hydrogen-bond donors (Lipinski definition) is 4. The van der Waals surface area contributed by atoms with Crippen LogP contribution in [-0.4, -0.2) is 53.4 Å². The van der Waals surface area contributed by atoms with E-state index in [1.54, 1.807) is 0 Å². The summed E-state index contributed by atoms with van der Waals surface area (Å²) in [6.07, 6.45) is 0.844. The molecule has 0 aliphatic heterocycles. The molecule has 74 valence electrons. The van der Waals surface area contributed by atoms with Gasteiger partial charge >= 0.3 is 0 Å². The smallest absolute Gasteiger partial charge is 0.120 e. The number of rotatable bonds is 7. The average molecular weight is 179 g/mol. The maximum atomic E-state index is 9.35. The summed E-state index contributed by atoms with van der Waals surface area (Å²) in [6, 6.07) is 0. The fraction of sp³-hybridized carbons (Fsp3) is 1.00. The molecule has 0 aliphatic carbocycles. The summed E-state index contributed by atoms with van der Waals surface area (Å²) in [4.78, 5) is 0. The molecular formula is C7H19N2O3+. The number of aliphatic hydroxyl groups is 2. The van der Waals surface area contributed by atoms with Crippen LogP contribution in [0.15, 0.2) is 0 Å². The molecule has 0 aromatic heterocycles. The zero-order chi connectivity index (χ0) is 9.40. The van der Waals surface area contributed by atoms with Crippen molar-refractivity contribution in [2.75, 3.05) is 32.8 Å². The molecule has 4 N–H and O–H groups in total. The van der Waals surface area contributed by atoms with E-state index >= 15 is 0 Å². The van der Waals surface area contributed by atoms with Gasteiger partial charge in [-0.1, -0.05) is 6.92 Å². The molecule has 0 rings (SSSR count). The molecule has 0 bridgehead atoms. The molecule has 0 atom stereocenters. The summed E-state index contributed by atoms with van der Waals surface area (Å²) < 4.78 is 0. The molecule has 0 aromatic carbocycles. The van der Waals surface area contributed by atoms with Crippen molar-refractivity contribution in [3.05, 3.63) is 0 Å². The number of hydrogen-bond acceptors (Lipinski definition) is 4. The van der Waals surface area contributed by atoms with Gasteiger partial charge in [-0.2, -0.15) is 0 Å². The maximum Gasteiger partial charge on any atom is 0.120 e. The summed E-state index contributed by atoms with van der Waals surface area (Å²) in [5, 5.41) is 28.4. The van der Waals surface area contributed by atoms with Crippen LogP contribution in [0.3, 0.4) is 0 Å². The van der Waals surface area contributed by atoms with Crippen molar-refractivity contribution in [1.82, 2.24) is 5.17 Å². The first-order valence-corrected chi connectivity index (χ1v) is 4.29. The normalized spacial score (nSPS) is 11.5. The highest BCUT2D eigenvalue weighted by Gasteiger charge is 2.14. The molecule has 0 amide bonds. The van der Waals surface area contributed by atoms with Gasteiger partial charge in [0.15, 0.2) is 0 Å². The number of nitrogens with zero attached hydrogens (tertiary/aromatic N) is 1. The molecule has 0 aliphatic rings. The minimum Gasteiger partial charge on any atom is -0.390 e. The second-order valence-electron chi connectivity index (χ2n) is 2.64. The van der Waals surface area contributed by atoms with Gasteiger partial charge in [0.05, 0.1) is 19.8 Å². The Labute approximate surface area is 72.8 Å². The third-order valence-corrected chi connectivity index (χ3v) is 1.60. The van der Waals surface area contributed by atoms with E-state index in [4.69, 9.17) is 10.2 Å². The lowest BCUT2D eigenvalue weighted by atomic mass is 10.5. The zero-order valence-electron chi connectivity index (χ0n) is 7.53. The second-order valence-corrected chi connectivity index (χ2v) is 2.64. The fourth-order valence-corrected chi connectivity index (χ4v) is 1.01. The minimum absolute atomic E-state index is 0.0100. The Balaban J connectivity index is 3.72. The van der Waals surface area contributed by atoms with E-state index in [1.807, 2.05) is 6.92 Å². The highest BCUT2D eigenvalue weighted by Crippen LogP contribution is 1.75. The molecule has 0 heterocycles. The van der Waals surface area contributed by atoms with Gasteiger partial charge in [0.1, 0.15) is 13.1 Å². The van der Waals surface area contributed by atoms with Crippen molar-refractivity contribution in [1.29, 1.82) is 0 Å². The standard InChI is InChI=1S/C7H18N2O3/c1-2-3-9(12)8(4-6-10)5-7-11/h10-12H,2-7H2,1H3/p+1. The Morgan fingerprint density at radius 2 is 1.67 bits per heavy atom. The van der Waals surface area contributed by atoms with E-state index in [2.05, 4.69) is 0 Å². The van der Waals surface area contributed by atoms with Crippen LogP contribution in [0.4, 0.5) is 0 Å². The Kier molecular flexibility index (Phi) is 7.33. The van der Waals surface area contributed by atoms with Gasteiger partial charge in [-0.3, -0.25) is 5.21 Å². The number of hydroxylamine groups is 1. The highest BCUT2D eigenvalue weighted by atomic mass is 16.5. The fourth-order valence-electron chi connectivity index (χ4n) is 1.01. The van der Waals surface area contributed by atoms with Gasteiger partial charge in [-0.05, 0) is 11.6 Å². The first kappa shape index (κ1) is 11.8. The van der Waals surface area contributed by atoms with Crippen molar-refractivity contribution in [3.8, 4) is 0 Å². The second kappa shape index (κ2) is 7.45. The molecule has 0 saturated carbocycles. The van der Waals surface area contributed by atoms with E-state index in [0.717, 1.165) is 11.6 Å². The Morgan fingerprint density at radius 3 is 2.00 bits per heavy atom. The van der Waals surface area contributed by atoms with Gasteiger partial charge in [0.25, 0.3) is 0 Å². The molecule has 0 unspecified atom stereocenters. The zero-order valence-corrected chi connectivity index (χ0v) is 7.53. The van der Waals surface area contributed by atoms with Crippen molar-refractivity contribution >= 4 is 0 Å². The largest absolute Gasteiger partial charge is 0.390 e. The van der Waals surface area contributed by atoms with E-state index < -0.39 is 0 Å². The van der Waals surface area contributed by atoms with Gasteiger partial charge in [-0.25, -0.2) is 5.01 Å². The number of nitrogens with one attached hydrogen (secondary N) is 1. The Bertz CT molecular complexity index is 96.7. The molecule has 5 nitrogen and oxygen atoms in total. The van der Waals surface area contributed by atoms with Crippen LogP contribution in [0, 0.1) is 0 Å². The first-order valence-electron chi connectivity index (χ1n) is 4.29. The summed E-state index contributed by atoms with van der Waals surface area (Å²) in [6.45, 7) is 3.38. The molecule has 0 spiro atoms. The lowest BCUT2D eigenvalue weighted by molar-refractivity contribution is -1.05. The van der Waals surface area contributed by atoms with Gasteiger partial charge in [0.2, 0.25) is 0 Å². The van der Waals surface area contributed by atoms with Crippen molar-refractivity contribution < 1.29 is 20.4 Å². The molecule has 0 fully saturated rings. The summed E-state index contributed by atoms with van der Waals surface area (Å²) in [5.41, 5.74) is 0. The van der Waals surface area contributed by atoms with Gasteiger partial charge in [0, 0.05) is 0 Å². The molecule has 0 radical (unpaired) electrons. The van der Waals surface area contributed by atoms with Crippen LogP contribution < -0.4 is 5.01 Å². The van der Waals surface area contributed by atoms with E-state index in [-0.39, 0.29) is 13.2 Å². The SMILES string of the molecule is CCCN(O)[NH+](CCO)CCO. The first-order chi connectivity index (χ1) is 5.76. The van der Waals surface area contributed by atoms with E-state index in [9.17, 15) is 5.21 Å². The lowest BCUT2D eigenvalue weighted by Crippen LogP contribution is -3.18. The number of quaternary nitrogens is 1. The number of aliphatic hydroxyl groups excluding tert-OH is 2. The van der Waals surface area contributed by atoms with Crippen LogP contribution in [-0.2, 0) is 0 Å². The monoisotopic (exact) mass is 179 g/mol. The van der Waals surface area contributed by atoms with Crippen LogP contribution >= 0.6 is 0 Å². The predicted molar refractivity (Wildman–Crippen MR) is 43.7 cm³/mol.